The summed E-state index contributed by atoms with van der Waals surface area (Å²) in [6.07, 6.45) is -2.81. The number of alkyl halides is 3. The van der Waals surface area contributed by atoms with E-state index >= 15 is 0 Å². The van der Waals surface area contributed by atoms with Crippen LogP contribution in [0.4, 0.5) is 24.7 Å². The van der Waals surface area contributed by atoms with Crippen molar-refractivity contribution in [1.82, 2.24) is 9.78 Å². The molecule has 1 N–H and O–H groups in total. The molecular formula is C14H15F3N4O. The van der Waals surface area contributed by atoms with Crippen LogP contribution in [0.15, 0.2) is 36.5 Å². The third-order valence-corrected chi connectivity index (χ3v) is 2.98. The van der Waals surface area contributed by atoms with Gasteiger partial charge in [-0.2, -0.15) is 18.3 Å². The normalized spacial score (nSPS) is 11.3. The molecule has 0 saturated heterocycles. The highest BCUT2D eigenvalue weighted by Crippen LogP contribution is 2.34. The van der Waals surface area contributed by atoms with Crippen LogP contribution < -0.4 is 10.2 Å². The number of nitrogens with zero attached hydrogens (tertiary/aromatic N) is 3. The first-order valence-electron chi connectivity index (χ1n) is 6.44. The maximum absolute atomic E-state index is 12.9. The number of para-hydroxylation sites is 1. The number of anilines is 2. The second-order valence-electron chi connectivity index (χ2n) is 4.80. The van der Waals surface area contributed by atoms with Crippen LogP contribution in [0.3, 0.4) is 0 Å². The number of aryl methyl sites for hydroxylation is 1. The summed E-state index contributed by atoms with van der Waals surface area (Å²) < 4.78 is 40.1. The number of carbonyl (C=O) groups is 1. The second kappa shape index (κ2) is 6.08. The van der Waals surface area contributed by atoms with Crippen molar-refractivity contribution in [3.8, 4) is 0 Å². The van der Waals surface area contributed by atoms with Gasteiger partial charge in [0.2, 0.25) is 5.91 Å². The van der Waals surface area contributed by atoms with E-state index in [0.717, 1.165) is 6.07 Å². The molecule has 1 aromatic heterocycles. The fourth-order valence-corrected chi connectivity index (χ4v) is 1.93. The first-order chi connectivity index (χ1) is 10.3. The molecule has 0 radical (unpaired) electrons. The summed E-state index contributed by atoms with van der Waals surface area (Å²) in [6.45, 7) is -0.108. The van der Waals surface area contributed by atoms with Crippen molar-refractivity contribution < 1.29 is 18.0 Å². The van der Waals surface area contributed by atoms with E-state index in [-0.39, 0.29) is 12.2 Å². The number of nitrogens with one attached hydrogen (secondary N) is 1. The van der Waals surface area contributed by atoms with E-state index < -0.39 is 17.6 Å². The van der Waals surface area contributed by atoms with Gasteiger partial charge in [-0.3, -0.25) is 9.48 Å². The topological polar surface area (TPSA) is 50.2 Å². The van der Waals surface area contributed by atoms with E-state index in [1.165, 1.54) is 18.2 Å². The Morgan fingerprint density at radius 2 is 2.00 bits per heavy atom. The van der Waals surface area contributed by atoms with Crippen LogP contribution >= 0.6 is 0 Å². The third kappa shape index (κ3) is 3.78. The highest BCUT2D eigenvalue weighted by Gasteiger charge is 2.33. The number of hydrogen-bond donors (Lipinski definition) is 1. The van der Waals surface area contributed by atoms with Gasteiger partial charge in [-0.25, -0.2) is 0 Å². The molecule has 0 saturated carbocycles. The summed E-state index contributed by atoms with van der Waals surface area (Å²) in [5.74, 6) is 0.00612. The maximum atomic E-state index is 12.9. The molecule has 0 unspecified atom stereocenters. The number of likely N-dealkylation sites (N-methyl/N-ethyl adjacent to an activating group) is 1. The first-order valence-corrected chi connectivity index (χ1v) is 6.44. The van der Waals surface area contributed by atoms with Crippen molar-refractivity contribution in [3.63, 3.8) is 0 Å². The van der Waals surface area contributed by atoms with Gasteiger partial charge < -0.3 is 10.2 Å². The number of benzene rings is 1. The van der Waals surface area contributed by atoms with Gasteiger partial charge in [-0.15, -0.1) is 0 Å². The zero-order valence-electron chi connectivity index (χ0n) is 12.1. The molecule has 0 aliphatic heterocycles. The van der Waals surface area contributed by atoms with Crippen molar-refractivity contribution in [1.29, 1.82) is 0 Å². The Bertz CT molecular complexity index is 666. The van der Waals surface area contributed by atoms with Crippen LogP contribution in [0, 0.1) is 0 Å². The van der Waals surface area contributed by atoms with Crippen molar-refractivity contribution in [3.05, 3.63) is 42.1 Å². The molecule has 1 aromatic carbocycles. The van der Waals surface area contributed by atoms with Gasteiger partial charge in [0, 0.05) is 26.4 Å². The Hall–Kier alpha value is -2.51. The average Bonchev–Trinajstić information content (AvgIpc) is 2.84. The Labute approximate surface area is 125 Å². The van der Waals surface area contributed by atoms with E-state index in [9.17, 15) is 18.0 Å². The molecule has 0 fully saturated rings. The van der Waals surface area contributed by atoms with Crippen LogP contribution in [-0.2, 0) is 18.0 Å². The lowest BCUT2D eigenvalue weighted by atomic mass is 10.1. The number of hydrogen-bond acceptors (Lipinski definition) is 3. The van der Waals surface area contributed by atoms with Gasteiger partial charge in [0.15, 0.2) is 5.82 Å². The van der Waals surface area contributed by atoms with Crippen molar-refractivity contribution in [2.45, 2.75) is 6.18 Å². The predicted molar refractivity (Wildman–Crippen MR) is 76.6 cm³/mol. The molecular weight excluding hydrogens is 297 g/mol. The largest absolute Gasteiger partial charge is 0.418 e. The monoisotopic (exact) mass is 312 g/mol. The lowest BCUT2D eigenvalue weighted by molar-refractivity contribution is -0.137. The Kier molecular flexibility index (Phi) is 4.39. The smallest absolute Gasteiger partial charge is 0.349 e. The van der Waals surface area contributed by atoms with E-state index in [1.54, 1.807) is 35.9 Å². The average molecular weight is 312 g/mol. The standard InChI is InChI=1S/C14H15F3N4O/c1-20(12-7-8-21(2)19-12)9-13(22)18-11-6-4-3-5-10(11)14(15,16)17/h3-8H,9H2,1-2H3,(H,18,22). The molecule has 8 heteroatoms. The van der Waals surface area contributed by atoms with Crippen molar-refractivity contribution in [2.24, 2.45) is 7.05 Å². The number of aromatic nitrogens is 2. The number of amides is 1. The highest BCUT2D eigenvalue weighted by atomic mass is 19.4. The number of carbonyl (C=O) groups excluding carboxylic acids is 1. The van der Waals surface area contributed by atoms with Crippen LogP contribution in [0.1, 0.15) is 5.56 Å². The van der Waals surface area contributed by atoms with Gasteiger partial charge in [-0.1, -0.05) is 12.1 Å². The van der Waals surface area contributed by atoms with Crippen LogP contribution in [0.2, 0.25) is 0 Å². The Balaban J connectivity index is 2.07. The van der Waals surface area contributed by atoms with E-state index in [1.807, 2.05) is 0 Å². The van der Waals surface area contributed by atoms with Crippen LogP contribution in [0.25, 0.3) is 0 Å². The lowest BCUT2D eigenvalue weighted by Gasteiger charge is -2.17. The molecule has 0 aliphatic carbocycles. The fourth-order valence-electron chi connectivity index (χ4n) is 1.93. The molecule has 5 nitrogen and oxygen atoms in total. The van der Waals surface area contributed by atoms with Gasteiger partial charge in [0.1, 0.15) is 0 Å². The molecule has 2 rings (SSSR count). The molecule has 22 heavy (non-hydrogen) atoms. The van der Waals surface area contributed by atoms with Crippen molar-refractivity contribution >= 4 is 17.4 Å². The zero-order valence-corrected chi connectivity index (χ0v) is 12.1. The van der Waals surface area contributed by atoms with Gasteiger partial charge >= 0.3 is 6.18 Å². The summed E-state index contributed by atoms with van der Waals surface area (Å²) in [6, 6.07) is 6.57. The van der Waals surface area contributed by atoms with E-state index in [4.69, 9.17) is 0 Å². The van der Waals surface area contributed by atoms with Crippen molar-refractivity contribution in [2.75, 3.05) is 23.8 Å². The van der Waals surface area contributed by atoms with Gasteiger partial charge in [0.05, 0.1) is 17.8 Å². The fraction of sp³-hybridized carbons (Fsp3) is 0.286. The zero-order chi connectivity index (χ0) is 16.3. The first kappa shape index (κ1) is 15.9. The molecule has 118 valence electrons. The van der Waals surface area contributed by atoms with E-state index in [2.05, 4.69) is 10.4 Å². The minimum atomic E-state index is -4.52. The summed E-state index contributed by atoms with van der Waals surface area (Å²) >= 11 is 0. The Morgan fingerprint density at radius 1 is 1.32 bits per heavy atom. The number of rotatable bonds is 4. The maximum Gasteiger partial charge on any atom is 0.418 e. The lowest BCUT2D eigenvalue weighted by Crippen LogP contribution is -2.31. The molecule has 2 aromatic rings. The van der Waals surface area contributed by atoms with Gasteiger partial charge in [0.25, 0.3) is 0 Å². The predicted octanol–water partition coefficient (Wildman–Crippen LogP) is 2.51. The highest BCUT2D eigenvalue weighted by molar-refractivity contribution is 5.94. The van der Waals surface area contributed by atoms with E-state index in [0.29, 0.717) is 5.82 Å². The van der Waals surface area contributed by atoms with Crippen LogP contribution in [0.5, 0.6) is 0 Å². The van der Waals surface area contributed by atoms with Gasteiger partial charge in [-0.05, 0) is 12.1 Å². The molecule has 1 amide bonds. The minimum Gasteiger partial charge on any atom is -0.349 e. The summed E-state index contributed by atoms with van der Waals surface area (Å²) in [5, 5.41) is 6.40. The minimum absolute atomic E-state index is 0.108. The quantitative estimate of drug-likeness (QED) is 0.944. The molecule has 0 aliphatic rings. The Morgan fingerprint density at radius 3 is 2.59 bits per heavy atom. The summed E-state index contributed by atoms with van der Waals surface area (Å²) in [4.78, 5) is 13.5. The van der Waals surface area contributed by atoms with Crippen LogP contribution in [-0.4, -0.2) is 29.3 Å². The molecule has 1 heterocycles. The summed E-state index contributed by atoms with van der Waals surface area (Å²) in [7, 11) is 3.37. The molecule has 0 atom stereocenters. The molecule has 0 spiro atoms. The summed E-state index contributed by atoms with van der Waals surface area (Å²) in [5.41, 5.74) is -1.13. The second-order valence-corrected chi connectivity index (χ2v) is 4.80. The SMILES string of the molecule is CN(CC(=O)Nc1ccccc1C(F)(F)F)c1ccn(C)n1. The number of halogens is 3. The third-order valence-electron chi connectivity index (χ3n) is 2.98. The molecule has 0 bridgehead atoms.